The van der Waals surface area contributed by atoms with Crippen molar-refractivity contribution < 1.29 is 12.9 Å². The predicted molar refractivity (Wildman–Crippen MR) is 135 cm³/mol. The van der Waals surface area contributed by atoms with Gasteiger partial charge in [-0.1, -0.05) is 86.3 Å². The highest BCUT2D eigenvalue weighted by molar-refractivity contribution is 7.93. The zero-order valence-electron chi connectivity index (χ0n) is 20.0. The fourth-order valence-electron chi connectivity index (χ4n) is 4.16. The summed E-state index contributed by atoms with van der Waals surface area (Å²) in [6.07, 6.45) is 7.68. The van der Waals surface area contributed by atoms with Gasteiger partial charge in [0.2, 0.25) is 5.88 Å². The maximum atomic E-state index is 13.6. The molecule has 1 heterocycles. The van der Waals surface area contributed by atoms with Gasteiger partial charge in [0.25, 0.3) is 10.0 Å². The molecule has 3 rings (SSSR count). The second-order valence-corrected chi connectivity index (χ2v) is 10.2. The summed E-state index contributed by atoms with van der Waals surface area (Å²) in [6.45, 7) is 11.7. The number of anilines is 1. The summed E-state index contributed by atoms with van der Waals surface area (Å²) >= 11 is 0. The molecule has 0 aliphatic rings. The molecular formula is C27H34N2O3S. The first-order valence-electron chi connectivity index (χ1n) is 11.6. The van der Waals surface area contributed by atoms with E-state index in [9.17, 15) is 8.42 Å². The third-order valence-electron chi connectivity index (χ3n) is 6.17. The Kier molecular flexibility index (Phi) is 8.14. The molecular weight excluding hydrogens is 432 g/mol. The van der Waals surface area contributed by atoms with Crippen LogP contribution in [0.3, 0.4) is 0 Å². The van der Waals surface area contributed by atoms with Crippen molar-refractivity contribution in [1.29, 1.82) is 0 Å². The van der Waals surface area contributed by atoms with Crippen molar-refractivity contribution >= 4 is 15.9 Å². The fourth-order valence-corrected chi connectivity index (χ4v) is 5.66. The topological polar surface area (TPSA) is 72.2 Å². The lowest BCUT2D eigenvalue weighted by Gasteiger charge is -2.20. The van der Waals surface area contributed by atoms with E-state index in [4.69, 9.17) is 4.52 Å². The maximum absolute atomic E-state index is 13.6. The molecule has 0 aliphatic carbocycles. The molecule has 0 spiro atoms. The number of hydrogen-bond donors (Lipinski definition) is 1. The Morgan fingerprint density at radius 2 is 1.76 bits per heavy atom. The first kappa shape index (κ1) is 24.8. The van der Waals surface area contributed by atoms with Gasteiger partial charge in [-0.2, -0.15) is 0 Å². The molecule has 0 aliphatic heterocycles. The Morgan fingerprint density at radius 3 is 2.42 bits per heavy atom. The average molecular weight is 467 g/mol. The van der Waals surface area contributed by atoms with Gasteiger partial charge in [-0.15, -0.1) is 6.58 Å². The second-order valence-electron chi connectivity index (χ2n) is 8.56. The molecule has 1 N–H and O–H groups in total. The van der Waals surface area contributed by atoms with Crippen LogP contribution >= 0.6 is 0 Å². The summed E-state index contributed by atoms with van der Waals surface area (Å²) in [5.74, 6) is 0.302. The minimum atomic E-state index is -3.92. The number of sulfonamides is 1. The van der Waals surface area contributed by atoms with Gasteiger partial charge in [-0.05, 0) is 43.9 Å². The Morgan fingerprint density at radius 1 is 1.03 bits per heavy atom. The highest BCUT2D eigenvalue weighted by Gasteiger charge is 2.26. The minimum Gasteiger partial charge on any atom is -0.337 e. The molecule has 0 radical (unpaired) electrons. The first-order chi connectivity index (χ1) is 15.8. The third kappa shape index (κ3) is 5.56. The molecule has 2 aromatic carbocycles. The van der Waals surface area contributed by atoms with E-state index in [2.05, 4.69) is 29.4 Å². The van der Waals surface area contributed by atoms with E-state index in [1.54, 1.807) is 13.8 Å². The van der Waals surface area contributed by atoms with Crippen molar-refractivity contribution in [2.75, 3.05) is 4.72 Å². The van der Waals surface area contributed by atoms with Crippen LogP contribution in [0.4, 0.5) is 5.88 Å². The van der Waals surface area contributed by atoms with Gasteiger partial charge < -0.3 is 4.52 Å². The van der Waals surface area contributed by atoms with E-state index in [-0.39, 0.29) is 16.7 Å². The molecule has 5 nitrogen and oxygen atoms in total. The van der Waals surface area contributed by atoms with Gasteiger partial charge in [-0.25, -0.2) is 13.1 Å². The number of benzene rings is 2. The summed E-state index contributed by atoms with van der Waals surface area (Å²) in [5, 5.41) is 3.87. The maximum Gasteiger partial charge on any atom is 0.265 e. The number of aryl methyl sites for hydroxylation is 2. The summed E-state index contributed by atoms with van der Waals surface area (Å²) < 4.78 is 34.9. The van der Waals surface area contributed by atoms with Crippen molar-refractivity contribution in [2.24, 2.45) is 0 Å². The van der Waals surface area contributed by atoms with Crippen LogP contribution in [0, 0.1) is 20.8 Å². The van der Waals surface area contributed by atoms with Crippen LogP contribution in [-0.2, 0) is 10.0 Å². The van der Waals surface area contributed by atoms with Crippen molar-refractivity contribution in [1.82, 2.24) is 5.16 Å². The summed E-state index contributed by atoms with van der Waals surface area (Å²) in [7, 11) is -3.92. The Balaban J connectivity index is 2.06. The molecule has 1 unspecified atom stereocenters. The number of nitrogens with zero attached hydrogens (tertiary/aromatic N) is 1. The molecule has 0 saturated carbocycles. The Hall–Kier alpha value is -2.86. The normalized spacial score (nSPS) is 12.5. The molecule has 1 aromatic heterocycles. The van der Waals surface area contributed by atoms with Crippen LogP contribution in [0.2, 0.25) is 0 Å². The highest BCUT2D eigenvalue weighted by atomic mass is 32.2. The van der Waals surface area contributed by atoms with Gasteiger partial charge in [0, 0.05) is 17.0 Å². The second kappa shape index (κ2) is 10.8. The van der Waals surface area contributed by atoms with E-state index < -0.39 is 10.0 Å². The van der Waals surface area contributed by atoms with Crippen LogP contribution < -0.4 is 4.72 Å². The lowest BCUT2D eigenvalue weighted by atomic mass is 9.87. The van der Waals surface area contributed by atoms with E-state index in [1.165, 1.54) is 19.3 Å². The molecule has 0 amide bonds. The van der Waals surface area contributed by atoms with Crippen LogP contribution in [0.1, 0.15) is 67.3 Å². The van der Waals surface area contributed by atoms with Gasteiger partial charge in [0.05, 0.1) is 10.6 Å². The molecule has 0 fully saturated rings. The third-order valence-corrected chi connectivity index (χ3v) is 7.70. The minimum absolute atomic E-state index is 0.148. The summed E-state index contributed by atoms with van der Waals surface area (Å²) in [6, 6.07) is 13.6. The highest BCUT2D eigenvalue weighted by Crippen LogP contribution is 2.38. The Labute approximate surface area is 198 Å². The van der Waals surface area contributed by atoms with Gasteiger partial charge in [0.1, 0.15) is 0 Å². The smallest absolute Gasteiger partial charge is 0.265 e. The van der Waals surface area contributed by atoms with Crippen LogP contribution in [0.25, 0.3) is 11.1 Å². The van der Waals surface area contributed by atoms with Crippen molar-refractivity contribution in [2.45, 2.75) is 70.6 Å². The number of hydrogen-bond acceptors (Lipinski definition) is 4. The Bertz CT molecular complexity index is 1210. The first-order valence-corrected chi connectivity index (χ1v) is 13.1. The van der Waals surface area contributed by atoms with Gasteiger partial charge in [0.15, 0.2) is 0 Å². The van der Waals surface area contributed by atoms with Crippen molar-refractivity contribution in [3.8, 4) is 11.1 Å². The lowest BCUT2D eigenvalue weighted by molar-refractivity contribution is 0.430. The zero-order valence-corrected chi connectivity index (χ0v) is 20.8. The lowest BCUT2D eigenvalue weighted by Crippen LogP contribution is -2.16. The molecule has 0 bridgehead atoms. The molecule has 0 saturated heterocycles. The quantitative estimate of drug-likeness (QED) is 0.237. The van der Waals surface area contributed by atoms with Crippen molar-refractivity contribution in [3.05, 3.63) is 77.5 Å². The number of allylic oxidation sites excluding steroid dienone is 1. The standard InChI is InChI=1S/C27H34N2O3S/c1-6-8-9-10-15-22(7-2)23-16-11-12-17-24(23)25-18-13-14-19(3)26(25)33(30,31)29-27-20(4)21(5)28-32-27/h7,11-14,16-18,22,29H,2,6,8-10,15H2,1,3-5H3. The van der Waals surface area contributed by atoms with E-state index in [0.29, 0.717) is 22.4 Å². The largest absolute Gasteiger partial charge is 0.337 e. The number of rotatable bonds is 11. The summed E-state index contributed by atoms with van der Waals surface area (Å²) in [4.78, 5) is 0.250. The van der Waals surface area contributed by atoms with Gasteiger partial charge in [-0.3, -0.25) is 0 Å². The molecule has 176 valence electrons. The van der Waals surface area contributed by atoms with E-state index in [1.807, 2.05) is 49.4 Å². The monoisotopic (exact) mass is 466 g/mol. The number of aromatic nitrogens is 1. The molecule has 33 heavy (non-hydrogen) atoms. The van der Waals surface area contributed by atoms with E-state index in [0.717, 1.165) is 24.0 Å². The fraction of sp³-hybridized carbons (Fsp3) is 0.370. The molecule has 3 aromatic rings. The summed E-state index contributed by atoms with van der Waals surface area (Å²) in [5.41, 5.74) is 4.67. The van der Waals surface area contributed by atoms with Crippen LogP contribution in [-0.4, -0.2) is 13.6 Å². The van der Waals surface area contributed by atoms with Crippen LogP contribution in [0.5, 0.6) is 0 Å². The number of nitrogens with one attached hydrogen (secondary N) is 1. The zero-order chi connectivity index (χ0) is 24.0. The van der Waals surface area contributed by atoms with Crippen molar-refractivity contribution in [3.63, 3.8) is 0 Å². The molecule has 6 heteroatoms. The number of unbranched alkanes of at least 4 members (excludes halogenated alkanes) is 3. The van der Waals surface area contributed by atoms with Gasteiger partial charge >= 0.3 is 0 Å². The average Bonchev–Trinajstić information content (AvgIpc) is 3.10. The predicted octanol–water partition coefficient (Wildman–Crippen LogP) is 7.31. The SMILES string of the molecule is C=CC(CCCCCC)c1ccccc1-c1cccc(C)c1S(=O)(=O)Nc1onc(C)c1C. The molecule has 1 atom stereocenters. The van der Waals surface area contributed by atoms with E-state index >= 15 is 0 Å². The van der Waals surface area contributed by atoms with Crippen LogP contribution in [0.15, 0.2) is 64.5 Å².